The molecule has 2 N–H and O–H groups in total. The Bertz CT molecular complexity index is 785. The molecule has 114 valence electrons. The number of aliphatic carboxylic acids is 1. The number of rotatable bonds is 4. The number of pyridine rings is 1. The molecule has 1 aromatic heterocycles. The van der Waals surface area contributed by atoms with Gasteiger partial charge in [0.1, 0.15) is 6.54 Å². The first-order valence-corrected chi connectivity index (χ1v) is 7.86. The fourth-order valence-corrected chi connectivity index (χ4v) is 3.00. The van der Waals surface area contributed by atoms with E-state index in [0.717, 1.165) is 39.5 Å². The van der Waals surface area contributed by atoms with Gasteiger partial charge in [-0.15, -0.1) is 0 Å². The van der Waals surface area contributed by atoms with E-state index in [1.165, 1.54) is 0 Å². The van der Waals surface area contributed by atoms with Crippen molar-refractivity contribution < 1.29 is 14.7 Å². The number of benzene rings is 1. The summed E-state index contributed by atoms with van der Waals surface area (Å²) in [5.41, 5.74) is 3.08. The number of nitrogens with zero attached hydrogens (tertiary/aromatic N) is 1. The first-order chi connectivity index (χ1) is 10.5. The van der Waals surface area contributed by atoms with Crippen LogP contribution in [0.5, 0.6) is 0 Å². The van der Waals surface area contributed by atoms with Crippen molar-refractivity contribution in [1.82, 2.24) is 10.3 Å². The van der Waals surface area contributed by atoms with E-state index < -0.39 is 12.5 Å². The fourth-order valence-electron chi connectivity index (χ4n) is 2.64. The largest absolute Gasteiger partial charge is 0.480 e. The van der Waals surface area contributed by atoms with E-state index in [0.29, 0.717) is 11.5 Å². The van der Waals surface area contributed by atoms with Crippen molar-refractivity contribution >= 4 is 38.7 Å². The van der Waals surface area contributed by atoms with Crippen LogP contribution in [-0.2, 0) is 4.79 Å². The third kappa shape index (κ3) is 2.83. The second-order valence-electron chi connectivity index (χ2n) is 5.51. The number of fused-ring (bicyclic) bond motifs is 1. The number of halogens is 1. The zero-order valence-corrected chi connectivity index (χ0v) is 13.6. The summed E-state index contributed by atoms with van der Waals surface area (Å²) in [5, 5.41) is 11.9. The van der Waals surface area contributed by atoms with Crippen molar-refractivity contribution in [2.75, 3.05) is 6.54 Å². The van der Waals surface area contributed by atoms with Crippen molar-refractivity contribution in [2.24, 2.45) is 0 Å². The summed E-state index contributed by atoms with van der Waals surface area (Å²) in [6.45, 7) is 1.49. The molecule has 1 heterocycles. The Balaban J connectivity index is 2.15. The van der Waals surface area contributed by atoms with Crippen LogP contribution in [0.25, 0.3) is 10.9 Å². The minimum absolute atomic E-state index is 0.368. The summed E-state index contributed by atoms with van der Waals surface area (Å²) in [7, 11) is 0. The summed E-state index contributed by atoms with van der Waals surface area (Å²) in [6, 6.07) is 5.61. The van der Waals surface area contributed by atoms with Gasteiger partial charge in [-0.3, -0.25) is 14.6 Å². The first-order valence-electron chi connectivity index (χ1n) is 7.07. The summed E-state index contributed by atoms with van der Waals surface area (Å²) < 4.78 is 0.854. The van der Waals surface area contributed by atoms with Gasteiger partial charge in [0.25, 0.3) is 5.91 Å². The predicted octanol–water partition coefficient (Wildman–Crippen LogP) is 3.00. The molecule has 1 aliphatic rings. The van der Waals surface area contributed by atoms with Gasteiger partial charge < -0.3 is 10.4 Å². The molecule has 1 fully saturated rings. The van der Waals surface area contributed by atoms with Gasteiger partial charge in [-0.2, -0.15) is 0 Å². The van der Waals surface area contributed by atoms with Crippen LogP contribution < -0.4 is 5.32 Å². The average molecular weight is 363 g/mol. The molecule has 0 unspecified atom stereocenters. The van der Waals surface area contributed by atoms with Crippen molar-refractivity contribution in [3.05, 3.63) is 39.5 Å². The number of carboxylic acids is 1. The Kier molecular flexibility index (Phi) is 3.87. The van der Waals surface area contributed by atoms with E-state index in [4.69, 9.17) is 10.1 Å². The molecule has 6 heteroatoms. The highest BCUT2D eigenvalue weighted by Gasteiger charge is 2.29. The molecule has 5 nitrogen and oxygen atoms in total. The van der Waals surface area contributed by atoms with E-state index in [2.05, 4.69) is 21.2 Å². The highest BCUT2D eigenvalue weighted by atomic mass is 79.9. The summed E-state index contributed by atoms with van der Waals surface area (Å²) >= 11 is 3.41. The van der Waals surface area contributed by atoms with Crippen LogP contribution in [0.15, 0.2) is 22.7 Å². The minimum atomic E-state index is -1.06. The molecule has 0 aliphatic heterocycles. The number of carbonyl (C=O) groups is 2. The molecule has 22 heavy (non-hydrogen) atoms. The minimum Gasteiger partial charge on any atom is -0.480 e. The van der Waals surface area contributed by atoms with Crippen LogP contribution in [0, 0.1) is 6.92 Å². The van der Waals surface area contributed by atoms with Crippen molar-refractivity contribution in [3.8, 4) is 0 Å². The van der Waals surface area contributed by atoms with Crippen LogP contribution in [0.2, 0.25) is 0 Å². The molecule has 0 atom stereocenters. The summed E-state index contributed by atoms with van der Waals surface area (Å²) in [4.78, 5) is 27.9. The number of hydrogen-bond acceptors (Lipinski definition) is 3. The maximum Gasteiger partial charge on any atom is 0.322 e. The van der Waals surface area contributed by atoms with Crippen LogP contribution in [0.4, 0.5) is 0 Å². The van der Waals surface area contributed by atoms with Crippen molar-refractivity contribution in [1.29, 1.82) is 0 Å². The Morgan fingerprint density at radius 2 is 2.14 bits per heavy atom. The van der Waals surface area contributed by atoms with Crippen molar-refractivity contribution in [3.63, 3.8) is 0 Å². The first kappa shape index (κ1) is 15.0. The van der Waals surface area contributed by atoms with Crippen LogP contribution in [0.1, 0.15) is 40.4 Å². The smallest absolute Gasteiger partial charge is 0.322 e. The van der Waals surface area contributed by atoms with Gasteiger partial charge in [-0.05, 0) is 43.5 Å². The number of carboxylic acid groups (broad SMARTS) is 1. The van der Waals surface area contributed by atoms with Crippen molar-refractivity contribution in [2.45, 2.75) is 25.7 Å². The van der Waals surface area contributed by atoms with Gasteiger partial charge in [-0.1, -0.05) is 15.9 Å². The lowest BCUT2D eigenvalue weighted by Crippen LogP contribution is -2.30. The Morgan fingerprint density at radius 3 is 2.77 bits per heavy atom. The third-order valence-electron chi connectivity index (χ3n) is 3.82. The fraction of sp³-hybridized carbons (Fsp3) is 0.312. The van der Waals surface area contributed by atoms with Gasteiger partial charge in [0.2, 0.25) is 0 Å². The summed E-state index contributed by atoms with van der Waals surface area (Å²) in [5.74, 6) is -1.01. The van der Waals surface area contributed by atoms with E-state index in [-0.39, 0.29) is 5.91 Å². The van der Waals surface area contributed by atoms with Gasteiger partial charge in [-0.25, -0.2) is 0 Å². The van der Waals surface area contributed by atoms with Gasteiger partial charge >= 0.3 is 5.97 Å². The number of aromatic nitrogens is 1. The van der Waals surface area contributed by atoms with E-state index >= 15 is 0 Å². The molecular formula is C16H15BrN2O3. The molecule has 0 bridgehead atoms. The topological polar surface area (TPSA) is 79.3 Å². The number of nitrogens with one attached hydrogen (secondary N) is 1. The van der Waals surface area contributed by atoms with Crippen LogP contribution in [-0.4, -0.2) is 28.5 Å². The maximum absolute atomic E-state index is 12.5. The van der Waals surface area contributed by atoms with Gasteiger partial charge in [0.15, 0.2) is 0 Å². The second kappa shape index (κ2) is 5.68. The Morgan fingerprint density at radius 1 is 1.41 bits per heavy atom. The Labute approximate surface area is 135 Å². The zero-order valence-electron chi connectivity index (χ0n) is 12.0. The van der Waals surface area contributed by atoms with E-state index in [1.54, 1.807) is 0 Å². The number of hydrogen-bond donors (Lipinski definition) is 2. The molecule has 1 aromatic carbocycles. The van der Waals surface area contributed by atoms with Gasteiger partial charge in [0.05, 0.1) is 11.1 Å². The summed E-state index contributed by atoms with van der Waals surface area (Å²) in [6.07, 6.45) is 2.18. The normalized spacial score (nSPS) is 14.1. The highest BCUT2D eigenvalue weighted by Crippen LogP contribution is 2.42. The lowest BCUT2D eigenvalue weighted by atomic mass is 9.98. The number of amides is 1. The molecule has 1 amide bonds. The molecule has 0 radical (unpaired) electrons. The SMILES string of the molecule is Cc1c(C2CC2)nc2ccc(Br)cc2c1C(=O)NCC(=O)O. The average Bonchev–Trinajstić information content (AvgIpc) is 3.28. The second-order valence-corrected chi connectivity index (χ2v) is 6.42. The Hall–Kier alpha value is -1.95. The highest BCUT2D eigenvalue weighted by molar-refractivity contribution is 9.10. The zero-order chi connectivity index (χ0) is 15.9. The van der Waals surface area contributed by atoms with Gasteiger partial charge in [0, 0.05) is 21.5 Å². The molecule has 2 aromatic rings. The van der Waals surface area contributed by atoms with Crippen LogP contribution >= 0.6 is 15.9 Å². The molecule has 1 saturated carbocycles. The molecule has 0 saturated heterocycles. The van der Waals surface area contributed by atoms with E-state index in [1.807, 2.05) is 25.1 Å². The third-order valence-corrected chi connectivity index (χ3v) is 4.31. The lowest BCUT2D eigenvalue weighted by Gasteiger charge is -2.14. The lowest BCUT2D eigenvalue weighted by molar-refractivity contribution is -0.135. The van der Waals surface area contributed by atoms with Crippen LogP contribution in [0.3, 0.4) is 0 Å². The predicted molar refractivity (Wildman–Crippen MR) is 86.1 cm³/mol. The molecule has 0 spiro atoms. The quantitative estimate of drug-likeness (QED) is 0.875. The molecule has 1 aliphatic carbocycles. The maximum atomic E-state index is 12.5. The molecule has 3 rings (SSSR count). The number of carbonyl (C=O) groups excluding carboxylic acids is 1. The monoisotopic (exact) mass is 362 g/mol. The van der Waals surface area contributed by atoms with E-state index in [9.17, 15) is 9.59 Å². The standard InChI is InChI=1S/C16H15BrN2O3/c1-8-14(16(22)18-7-13(20)21)11-6-10(17)4-5-12(11)19-15(8)9-2-3-9/h4-6,9H,2-3,7H2,1H3,(H,18,22)(H,20,21). The molecular weight excluding hydrogens is 348 g/mol.